The molecule has 2 aromatic carbocycles. The Kier molecular flexibility index (Phi) is 4.04. The molecule has 0 saturated carbocycles. The Morgan fingerprint density at radius 1 is 1.15 bits per heavy atom. The summed E-state index contributed by atoms with van der Waals surface area (Å²) in [5, 5.41) is 4.95. The molecule has 0 amide bonds. The predicted octanol–water partition coefficient (Wildman–Crippen LogP) is 3.17. The van der Waals surface area contributed by atoms with Gasteiger partial charge in [0.2, 0.25) is 5.82 Å². The van der Waals surface area contributed by atoms with Gasteiger partial charge in [-0.25, -0.2) is 9.78 Å². The SMILES string of the molecule is C/C(=N\Nc1nc2ccccc2[nH]c1=O)c1cc2cc(C)ccc2oc1=O. The lowest BCUT2D eigenvalue weighted by Gasteiger charge is -2.05. The van der Waals surface area contributed by atoms with Crippen molar-refractivity contribution in [3.05, 3.63) is 80.4 Å². The second-order valence-corrected chi connectivity index (χ2v) is 6.23. The molecule has 4 rings (SSSR count). The van der Waals surface area contributed by atoms with E-state index in [1.54, 1.807) is 31.2 Å². The number of hydrazone groups is 1. The molecule has 0 atom stereocenters. The van der Waals surface area contributed by atoms with E-state index in [1.165, 1.54) is 0 Å². The Balaban J connectivity index is 1.72. The topological polar surface area (TPSA) is 100 Å². The largest absolute Gasteiger partial charge is 0.422 e. The van der Waals surface area contributed by atoms with Crippen LogP contribution in [0.1, 0.15) is 18.1 Å². The minimum Gasteiger partial charge on any atom is -0.422 e. The van der Waals surface area contributed by atoms with Crippen molar-refractivity contribution in [3.63, 3.8) is 0 Å². The van der Waals surface area contributed by atoms with Crippen LogP contribution in [0.3, 0.4) is 0 Å². The summed E-state index contributed by atoms with van der Waals surface area (Å²) in [6, 6.07) is 14.5. The van der Waals surface area contributed by atoms with Gasteiger partial charge >= 0.3 is 5.63 Å². The Hall–Kier alpha value is -3.74. The zero-order valence-electron chi connectivity index (χ0n) is 14.7. The Morgan fingerprint density at radius 2 is 1.96 bits per heavy atom. The van der Waals surface area contributed by atoms with E-state index in [9.17, 15) is 9.59 Å². The molecule has 2 aromatic heterocycles. The van der Waals surface area contributed by atoms with Gasteiger partial charge in [-0.15, -0.1) is 0 Å². The quantitative estimate of drug-likeness (QED) is 0.332. The number of anilines is 1. The lowest BCUT2D eigenvalue weighted by molar-refractivity contribution is 0.559. The highest BCUT2D eigenvalue weighted by molar-refractivity contribution is 6.00. The zero-order valence-corrected chi connectivity index (χ0v) is 14.7. The molecule has 2 heterocycles. The number of H-pyrrole nitrogens is 1. The normalized spacial score (nSPS) is 11.9. The zero-order chi connectivity index (χ0) is 19.0. The van der Waals surface area contributed by atoms with Gasteiger partial charge in [-0.3, -0.25) is 10.2 Å². The Morgan fingerprint density at radius 3 is 2.81 bits per heavy atom. The number of rotatable bonds is 3. The van der Waals surface area contributed by atoms with E-state index in [0.29, 0.717) is 27.9 Å². The van der Waals surface area contributed by atoms with Crippen LogP contribution in [0.25, 0.3) is 22.0 Å². The van der Waals surface area contributed by atoms with Crippen LogP contribution in [0.4, 0.5) is 5.82 Å². The highest BCUT2D eigenvalue weighted by Crippen LogP contribution is 2.16. The van der Waals surface area contributed by atoms with Crippen molar-refractivity contribution < 1.29 is 4.42 Å². The minimum atomic E-state index is -0.491. The molecule has 134 valence electrons. The first-order valence-corrected chi connectivity index (χ1v) is 8.35. The summed E-state index contributed by atoms with van der Waals surface area (Å²) < 4.78 is 5.35. The van der Waals surface area contributed by atoms with E-state index in [0.717, 1.165) is 10.9 Å². The van der Waals surface area contributed by atoms with Crippen LogP contribution in [-0.4, -0.2) is 15.7 Å². The summed E-state index contributed by atoms with van der Waals surface area (Å²) in [4.78, 5) is 31.4. The van der Waals surface area contributed by atoms with Gasteiger partial charge in [0.1, 0.15) is 5.58 Å². The third-order valence-corrected chi connectivity index (χ3v) is 4.21. The van der Waals surface area contributed by atoms with Gasteiger partial charge in [-0.05, 0) is 44.2 Å². The van der Waals surface area contributed by atoms with E-state index in [4.69, 9.17) is 4.42 Å². The molecular formula is C20H16N4O3. The van der Waals surface area contributed by atoms with Crippen LogP contribution in [0, 0.1) is 6.92 Å². The first kappa shape index (κ1) is 16.7. The first-order chi connectivity index (χ1) is 13.0. The fraction of sp³-hybridized carbons (Fsp3) is 0.100. The van der Waals surface area contributed by atoms with E-state index >= 15 is 0 Å². The number of aryl methyl sites for hydroxylation is 1. The molecule has 0 radical (unpaired) electrons. The van der Waals surface area contributed by atoms with Crippen LogP contribution in [0.5, 0.6) is 0 Å². The van der Waals surface area contributed by atoms with Crippen LogP contribution in [0.15, 0.2) is 67.6 Å². The lowest BCUT2D eigenvalue weighted by Crippen LogP contribution is -2.17. The smallest absolute Gasteiger partial charge is 0.345 e. The summed E-state index contributed by atoms with van der Waals surface area (Å²) in [6.07, 6.45) is 0. The lowest BCUT2D eigenvalue weighted by atomic mass is 10.1. The Bertz CT molecular complexity index is 1320. The van der Waals surface area contributed by atoms with Crippen molar-refractivity contribution in [1.82, 2.24) is 9.97 Å². The summed E-state index contributed by atoms with van der Waals surface area (Å²) in [7, 11) is 0. The summed E-state index contributed by atoms with van der Waals surface area (Å²) >= 11 is 0. The van der Waals surface area contributed by atoms with Gasteiger partial charge in [0.25, 0.3) is 5.56 Å². The molecule has 7 heteroatoms. The molecule has 0 spiro atoms. The van der Waals surface area contributed by atoms with E-state index in [1.807, 2.05) is 31.2 Å². The number of fused-ring (bicyclic) bond motifs is 2. The molecule has 0 aliphatic rings. The van der Waals surface area contributed by atoms with Gasteiger partial charge in [-0.1, -0.05) is 23.8 Å². The van der Waals surface area contributed by atoms with Gasteiger partial charge in [-0.2, -0.15) is 5.10 Å². The summed E-state index contributed by atoms with van der Waals surface area (Å²) in [5.41, 5.74) is 5.31. The molecular weight excluding hydrogens is 344 g/mol. The van der Waals surface area contributed by atoms with E-state index in [-0.39, 0.29) is 5.82 Å². The first-order valence-electron chi connectivity index (χ1n) is 8.35. The fourth-order valence-corrected chi connectivity index (χ4v) is 2.80. The molecule has 0 aliphatic carbocycles. The molecule has 2 N–H and O–H groups in total. The third-order valence-electron chi connectivity index (χ3n) is 4.21. The molecule has 0 fully saturated rings. The maximum Gasteiger partial charge on any atom is 0.345 e. The van der Waals surface area contributed by atoms with Crippen molar-refractivity contribution in [2.75, 3.05) is 5.43 Å². The molecule has 0 saturated heterocycles. The number of hydrogen-bond acceptors (Lipinski definition) is 6. The predicted molar refractivity (Wildman–Crippen MR) is 105 cm³/mol. The summed E-state index contributed by atoms with van der Waals surface area (Å²) in [6.45, 7) is 3.63. The van der Waals surface area contributed by atoms with Gasteiger partial charge in [0.05, 0.1) is 22.3 Å². The monoisotopic (exact) mass is 360 g/mol. The average Bonchev–Trinajstić information content (AvgIpc) is 2.66. The van der Waals surface area contributed by atoms with Crippen LogP contribution < -0.4 is 16.6 Å². The Labute approximate surface area is 153 Å². The third kappa shape index (κ3) is 3.22. The van der Waals surface area contributed by atoms with Crippen molar-refractivity contribution in [3.8, 4) is 0 Å². The minimum absolute atomic E-state index is 0.0501. The second-order valence-electron chi connectivity index (χ2n) is 6.23. The van der Waals surface area contributed by atoms with Crippen LogP contribution in [0.2, 0.25) is 0 Å². The number of benzene rings is 2. The van der Waals surface area contributed by atoms with E-state index in [2.05, 4.69) is 20.5 Å². The molecule has 7 nitrogen and oxygen atoms in total. The van der Waals surface area contributed by atoms with Gasteiger partial charge in [0.15, 0.2) is 0 Å². The van der Waals surface area contributed by atoms with Crippen molar-refractivity contribution >= 4 is 33.5 Å². The number of aromatic nitrogens is 2. The number of nitrogens with zero attached hydrogens (tertiary/aromatic N) is 2. The standard InChI is InChI=1S/C20H16N4O3/c1-11-7-8-17-13(9-11)10-14(20(26)27-17)12(2)23-24-18-19(25)22-16-6-4-3-5-15(16)21-18/h3-10H,1-2H3,(H,21,24)(H,22,25)/b23-12+. The molecule has 0 bridgehead atoms. The number of aromatic amines is 1. The number of hydrogen-bond donors (Lipinski definition) is 2. The number of nitrogens with one attached hydrogen (secondary N) is 2. The average molecular weight is 360 g/mol. The van der Waals surface area contributed by atoms with Crippen LogP contribution >= 0.6 is 0 Å². The second kappa shape index (κ2) is 6.53. The summed E-state index contributed by atoms with van der Waals surface area (Å²) in [5.74, 6) is 0.0501. The molecule has 27 heavy (non-hydrogen) atoms. The van der Waals surface area contributed by atoms with Crippen LogP contribution in [-0.2, 0) is 0 Å². The van der Waals surface area contributed by atoms with Gasteiger partial charge in [0, 0.05) is 5.39 Å². The maximum atomic E-state index is 12.3. The van der Waals surface area contributed by atoms with Gasteiger partial charge < -0.3 is 9.40 Å². The molecule has 4 aromatic rings. The number of para-hydroxylation sites is 2. The van der Waals surface area contributed by atoms with E-state index < -0.39 is 11.2 Å². The fourth-order valence-electron chi connectivity index (χ4n) is 2.80. The highest BCUT2D eigenvalue weighted by atomic mass is 16.4. The maximum absolute atomic E-state index is 12.3. The van der Waals surface area contributed by atoms with Crippen molar-refractivity contribution in [1.29, 1.82) is 0 Å². The van der Waals surface area contributed by atoms with Crippen molar-refractivity contribution in [2.45, 2.75) is 13.8 Å². The highest BCUT2D eigenvalue weighted by Gasteiger charge is 2.10. The van der Waals surface area contributed by atoms with Crippen molar-refractivity contribution in [2.24, 2.45) is 5.10 Å². The molecule has 0 unspecified atom stereocenters. The molecule has 0 aliphatic heterocycles.